The van der Waals surface area contributed by atoms with Crippen LogP contribution >= 0.6 is 0 Å². The fraction of sp³-hybridized carbons (Fsp3) is 0.300. The fourth-order valence-electron chi connectivity index (χ4n) is 4.46. The predicted molar refractivity (Wildman–Crippen MR) is 146 cm³/mol. The Hall–Kier alpha value is -4.33. The number of para-hydroxylation sites is 1. The number of amides is 3. The summed E-state index contributed by atoms with van der Waals surface area (Å²) >= 11 is 0. The van der Waals surface area contributed by atoms with Crippen LogP contribution in [0.25, 0.3) is 0 Å². The van der Waals surface area contributed by atoms with Crippen LogP contribution in [0.15, 0.2) is 66.7 Å². The van der Waals surface area contributed by atoms with Gasteiger partial charge in [0.15, 0.2) is 6.61 Å². The molecule has 0 unspecified atom stereocenters. The molecule has 0 radical (unpaired) electrons. The van der Waals surface area contributed by atoms with Crippen LogP contribution in [0.3, 0.4) is 0 Å². The molecule has 1 aliphatic heterocycles. The first-order valence-corrected chi connectivity index (χ1v) is 12.7. The number of rotatable bonds is 10. The lowest BCUT2D eigenvalue weighted by atomic mass is 10.1. The van der Waals surface area contributed by atoms with Crippen LogP contribution in [0, 0.1) is 12.8 Å². The number of carbonyl (C=O) groups is 3. The Balaban J connectivity index is 1.27. The largest absolute Gasteiger partial charge is 0.497 e. The Morgan fingerprint density at radius 3 is 2.39 bits per heavy atom. The lowest BCUT2D eigenvalue weighted by Gasteiger charge is -2.17. The highest BCUT2D eigenvalue weighted by molar-refractivity contribution is 6.00. The standard InChI is InChI=1S/C30H33N3O5/c1-4-22-7-5-6-20(2)29(22)32-27(34)19-38-26-14-10-24(11-15-26)33-18-23(16-28(33)35)30(36)31-17-21-8-12-25(37-3)13-9-21/h5-15,23H,4,16-19H2,1-3H3,(H,31,36)(H,32,34)/t23-/m1/s1. The van der Waals surface area contributed by atoms with Crippen LogP contribution in [0.2, 0.25) is 0 Å². The molecule has 3 aromatic carbocycles. The first-order valence-electron chi connectivity index (χ1n) is 12.7. The van der Waals surface area contributed by atoms with E-state index in [-0.39, 0.29) is 30.7 Å². The van der Waals surface area contributed by atoms with Gasteiger partial charge in [-0.1, -0.05) is 37.3 Å². The number of aryl methyl sites for hydroxylation is 2. The van der Waals surface area contributed by atoms with Gasteiger partial charge >= 0.3 is 0 Å². The lowest BCUT2D eigenvalue weighted by molar-refractivity contribution is -0.126. The minimum absolute atomic E-state index is 0.104. The van der Waals surface area contributed by atoms with Crippen LogP contribution < -0.4 is 25.0 Å². The van der Waals surface area contributed by atoms with Crippen LogP contribution in [0.4, 0.5) is 11.4 Å². The summed E-state index contributed by atoms with van der Waals surface area (Å²) in [4.78, 5) is 39.4. The second-order valence-electron chi connectivity index (χ2n) is 9.26. The van der Waals surface area contributed by atoms with E-state index < -0.39 is 5.92 Å². The maximum atomic E-state index is 12.7. The molecule has 198 valence electrons. The number of hydrogen-bond donors (Lipinski definition) is 2. The molecule has 4 rings (SSSR count). The van der Waals surface area contributed by atoms with Crippen molar-refractivity contribution in [2.75, 3.05) is 30.5 Å². The van der Waals surface area contributed by atoms with Gasteiger partial charge in [0, 0.05) is 30.9 Å². The second-order valence-corrected chi connectivity index (χ2v) is 9.26. The van der Waals surface area contributed by atoms with Gasteiger partial charge in [-0.2, -0.15) is 0 Å². The van der Waals surface area contributed by atoms with Crippen molar-refractivity contribution in [2.24, 2.45) is 5.92 Å². The van der Waals surface area contributed by atoms with Crippen molar-refractivity contribution in [3.8, 4) is 11.5 Å². The summed E-state index contributed by atoms with van der Waals surface area (Å²) in [7, 11) is 1.61. The van der Waals surface area contributed by atoms with Crippen molar-refractivity contribution in [3.05, 3.63) is 83.4 Å². The summed E-state index contributed by atoms with van der Waals surface area (Å²) in [5, 5.41) is 5.86. The maximum Gasteiger partial charge on any atom is 0.262 e. The SMILES string of the molecule is CCc1cccc(C)c1NC(=O)COc1ccc(N2C[C@H](C(=O)NCc3ccc(OC)cc3)CC2=O)cc1. The molecule has 1 aliphatic rings. The normalized spacial score (nSPS) is 14.8. The highest BCUT2D eigenvalue weighted by Crippen LogP contribution is 2.27. The summed E-state index contributed by atoms with van der Waals surface area (Å²) in [6.45, 7) is 4.58. The topological polar surface area (TPSA) is 97.0 Å². The van der Waals surface area contributed by atoms with Gasteiger partial charge in [0.05, 0.1) is 13.0 Å². The number of carbonyl (C=O) groups excluding carboxylic acids is 3. The third kappa shape index (κ3) is 6.51. The molecule has 2 N–H and O–H groups in total. The van der Waals surface area contributed by atoms with Gasteiger partial charge in [0.1, 0.15) is 11.5 Å². The van der Waals surface area contributed by atoms with Gasteiger partial charge in [-0.25, -0.2) is 0 Å². The van der Waals surface area contributed by atoms with Crippen LogP contribution in [-0.4, -0.2) is 38.0 Å². The van der Waals surface area contributed by atoms with Gasteiger partial charge in [-0.05, 0) is 66.4 Å². The zero-order valence-electron chi connectivity index (χ0n) is 22.0. The Bertz CT molecular complexity index is 1290. The van der Waals surface area contributed by atoms with Crippen LogP contribution in [-0.2, 0) is 27.3 Å². The van der Waals surface area contributed by atoms with E-state index in [1.54, 1.807) is 36.3 Å². The molecule has 0 bridgehead atoms. The second kappa shape index (κ2) is 12.3. The van der Waals surface area contributed by atoms with E-state index in [0.29, 0.717) is 24.5 Å². The van der Waals surface area contributed by atoms with E-state index in [2.05, 4.69) is 10.6 Å². The third-order valence-corrected chi connectivity index (χ3v) is 6.64. The van der Waals surface area contributed by atoms with Gasteiger partial charge < -0.3 is 25.0 Å². The molecular formula is C30H33N3O5. The fourth-order valence-corrected chi connectivity index (χ4v) is 4.46. The Morgan fingerprint density at radius 1 is 1.00 bits per heavy atom. The maximum absolute atomic E-state index is 12.7. The van der Waals surface area contributed by atoms with Gasteiger partial charge in [0.25, 0.3) is 5.91 Å². The minimum atomic E-state index is -0.421. The quantitative estimate of drug-likeness (QED) is 0.421. The minimum Gasteiger partial charge on any atom is -0.497 e. The Kier molecular flexibility index (Phi) is 8.63. The monoisotopic (exact) mass is 515 g/mol. The summed E-state index contributed by atoms with van der Waals surface area (Å²) in [5.41, 5.74) is 4.55. The van der Waals surface area contributed by atoms with E-state index in [1.165, 1.54) is 0 Å². The smallest absolute Gasteiger partial charge is 0.262 e. The Labute approximate surface area is 222 Å². The molecule has 3 aromatic rings. The van der Waals surface area contributed by atoms with Gasteiger partial charge in [0.2, 0.25) is 11.8 Å². The van der Waals surface area contributed by atoms with Crippen molar-refractivity contribution >= 4 is 29.1 Å². The molecule has 1 saturated heterocycles. The molecule has 0 saturated carbocycles. The number of nitrogens with one attached hydrogen (secondary N) is 2. The first-order chi connectivity index (χ1) is 18.4. The number of benzene rings is 3. The first kappa shape index (κ1) is 26.7. The highest BCUT2D eigenvalue weighted by atomic mass is 16.5. The molecule has 0 aliphatic carbocycles. The van der Waals surface area contributed by atoms with Crippen LogP contribution in [0.1, 0.15) is 30.0 Å². The summed E-state index contributed by atoms with van der Waals surface area (Å²) < 4.78 is 10.8. The molecule has 0 spiro atoms. The van der Waals surface area contributed by atoms with Crippen LogP contribution in [0.5, 0.6) is 11.5 Å². The van der Waals surface area contributed by atoms with Crippen molar-refractivity contribution in [3.63, 3.8) is 0 Å². The zero-order valence-corrected chi connectivity index (χ0v) is 22.0. The number of hydrogen-bond acceptors (Lipinski definition) is 5. The van der Waals surface area contributed by atoms with E-state index in [1.807, 2.05) is 56.3 Å². The average molecular weight is 516 g/mol. The molecule has 1 atom stereocenters. The number of ether oxygens (including phenoxy) is 2. The van der Waals surface area contributed by atoms with Gasteiger partial charge in [-0.15, -0.1) is 0 Å². The predicted octanol–water partition coefficient (Wildman–Crippen LogP) is 4.25. The number of anilines is 2. The Morgan fingerprint density at radius 2 is 1.71 bits per heavy atom. The molecule has 8 heteroatoms. The number of nitrogens with zero attached hydrogens (tertiary/aromatic N) is 1. The molecule has 3 amide bonds. The summed E-state index contributed by atoms with van der Waals surface area (Å²) in [5.74, 6) is 0.357. The average Bonchev–Trinajstić information content (AvgIpc) is 3.33. The summed E-state index contributed by atoms with van der Waals surface area (Å²) in [6.07, 6.45) is 0.978. The van der Waals surface area contributed by atoms with Crippen molar-refractivity contribution < 1.29 is 23.9 Å². The highest BCUT2D eigenvalue weighted by Gasteiger charge is 2.35. The molecule has 0 aromatic heterocycles. The summed E-state index contributed by atoms with van der Waals surface area (Å²) in [6, 6.07) is 20.4. The van der Waals surface area contributed by atoms with E-state index in [0.717, 1.165) is 34.5 Å². The van der Waals surface area contributed by atoms with E-state index >= 15 is 0 Å². The lowest BCUT2D eigenvalue weighted by Crippen LogP contribution is -2.32. The zero-order chi connectivity index (χ0) is 27.1. The molecule has 1 heterocycles. The van der Waals surface area contributed by atoms with Crippen molar-refractivity contribution in [1.82, 2.24) is 5.32 Å². The third-order valence-electron chi connectivity index (χ3n) is 6.64. The molecular weight excluding hydrogens is 482 g/mol. The molecule has 8 nitrogen and oxygen atoms in total. The van der Waals surface area contributed by atoms with Gasteiger partial charge in [-0.3, -0.25) is 14.4 Å². The molecule has 38 heavy (non-hydrogen) atoms. The number of methoxy groups -OCH3 is 1. The molecule has 1 fully saturated rings. The van der Waals surface area contributed by atoms with E-state index in [9.17, 15) is 14.4 Å². The van der Waals surface area contributed by atoms with Crippen molar-refractivity contribution in [1.29, 1.82) is 0 Å². The van der Waals surface area contributed by atoms with Crippen molar-refractivity contribution in [2.45, 2.75) is 33.2 Å². The van der Waals surface area contributed by atoms with E-state index in [4.69, 9.17) is 9.47 Å².